The zero-order chi connectivity index (χ0) is 17.1. The van der Waals surface area contributed by atoms with Crippen LogP contribution in [0.2, 0.25) is 0 Å². The van der Waals surface area contributed by atoms with Gasteiger partial charge in [0.2, 0.25) is 0 Å². The van der Waals surface area contributed by atoms with Crippen LogP contribution in [0.25, 0.3) is 0 Å². The molecule has 1 aliphatic rings. The minimum absolute atomic E-state index is 0.310. The van der Waals surface area contributed by atoms with Gasteiger partial charge in [-0.25, -0.2) is 8.78 Å². The zero-order valence-corrected chi connectivity index (χ0v) is 13.9. The van der Waals surface area contributed by atoms with E-state index in [-0.39, 0.29) is 11.6 Å². The Morgan fingerprint density at radius 2 is 1.92 bits per heavy atom. The van der Waals surface area contributed by atoms with Gasteiger partial charge in [-0.3, -0.25) is 0 Å². The summed E-state index contributed by atoms with van der Waals surface area (Å²) in [5.41, 5.74) is 2.57. The number of hydrogen-bond donors (Lipinski definition) is 1. The van der Waals surface area contributed by atoms with Gasteiger partial charge in [0, 0.05) is 6.54 Å². The lowest BCUT2D eigenvalue weighted by Gasteiger charge is -2.36. The molecule has 2 aromatic rings. The smallest absolute Gasteiger partial charge is 0.149 e. The van der Waals surface area contributed by atoms with Crippen LogP contribution in [0.15, 0.2) is 36.4 Å². The maximum Gasteiger partial charge on any atom is 0.149 e. The third-order valence-corrected chi connectivity index (χ3v) is 3.96. The summed E-state index contributed by atoms with van der Waals surface area (Å²) in [6, 6.07) is 9.41. The van der Waals surface area contributed by atoms with E-state index in [1.165, 1.54) is 23.3 Å². The van der Waals surface area contributed by atoms with Crippen molar-refractivity contribution >= 4 is 11.4 Å². The topological polar surface area (TPSA) is 27.7 Å². The van der Waals surface area contributed by atoms with Gasteiger partial charge in [0.05, 0.1) is 12.2 Å². The van der Waals surface area contributed by atoms with Crippen molar-refractivity contribution in [2.45, 2.75) is 19.9 Å². The van der Waals surface area contributed by atoms with Crippen LogP contribution in [0.4, 0.5) is 20.2 Å². The van der Waals surface area contributed by atoms with Crippen molar-refractivity contribution in [3.8, 4) is 0 Å². The molecule has 0 fully saturated rings. The van der Waals surface area contributed by atoms with Crippen molar-refractivity contribution < 1.29 is 13.7 Å². The molecule has 0 spiro atoms. The van der Waals surface area contributed by atoms with Gasteiger partial charge in [0.15, 0.2) is 0 Å². The van der Waals surface area contributed by atoms with Crippen molar-refractivity contribution in [1.29, 1.82) is 0 Å². The maximum atomic E-state index is 14.4. The first-order chi connectivity index (χ1) is 11.6. The molecule has 0 aliphatic carbocycles. The summed E-state index contributed by atoms with van der Waals surface area (Å²) in [4.78, 5) is 5.88. The summed E-state index contributed by atoms with van der Waals surface area (Å²) >= 11 is 0. The highest BCUT2D eigenvalue weighted by Gasteiger charge is 2.27. The van der Waals surface area contributed by atoms with E-state index in [1.54, 1.807) is 17.2 Å². The molecule has 1 heterocycles. The summed E-state index contributed by atoms with van der Waals surface area (Å²) in [5, 5.41) is 6.24. The molecule has 0 radical (unpaired) electrons. The van der Waals surface area contributed by atoms with Crippen LogP contribution in [0.3, 0.4) is 0 Å². The first-order valence-electron chi connectivity index (χ1n) is 8.01. The van der Waals surface area contributed by atoms with Crippen LogP contribution in [0.1, 0.15) is 17.5 Å². The van der Waals surface area contributed by atoms with Gasteiger partial charge in [0.1, 0.15) is 17.3 Å². The Kier molecular flexibility index (Phi) is 5.08. The molecule has 128 valence electrons. The average molecular weight is 333 g/mol. The van der Waals surface area contributed by atoms with E-state index in [9.17, 15) is 8.78 Å². The zero-order valence-electron chi connectivity index (χ0n) is 13.9. The third kappa shape index (κ3) is 3.56. The van der Waals surface area contributed by atoms with Crippen LogP contribution in [-0.2, 0) is 11.5 Å². The normalized spacial score (nSPS) is 14.8. The van der Waals surface area contributed by atoms with Crippen molar-refractivity contribution in [1.82, 2.24) is 10.4 Å². The van der Waals surface area contributed by atoms with E-state index in [0.29, 0.717) is 24.5 Å². The fourth-order valence-corrected chi connectivity index (χ4v) is 2.76. The Hall–Kier alpha value is -2.02. The molecule has 0 aromatic heterocycles. The second-order valence-electron chi connectivity index (χ2n) is 5.92. The first-order valence-corrected chi connectivity index (χ1v) is 8.01. The molecule has 0 saturated carbocycles. The molecular weight excluding hydrogens is 312 g/mol. The van der Waals surface area contributed by atoms with E-state index in [2.05, 4.69) is 5.32 Å². The van der Waals surface area contributed by atoms with Crippen LogP contribution >= 0.6 is 0 Å². The van der Waals surface area contributed by atoms with E-state index in [0.717, 1.165) is 24.1 Å². The second kappa shape index (κ2) is 7.25. The third-order valence-electron chi connectivity index (χ3n) is 3.96. The number of anilines is 2. The highest BCUT2D eigenvalue weighted by Crippen LogP contribution is 2.36. The molecule has 6 heteroatoms. The van der Waals surface area contributed by atoms with E-state index < -0.39 is 0 Å². The van der Waals surface area contributed by atoms with Crippen molar-refractivity contribution in [2.75, 3.05) is 25.2 Å². The quantitative estimate of drug-likeness (QED) is 0.845. The van der Waals surface area contributed by atoms with Gasteiger partial charge in [-0.1, -0.05) is 6.07 Å². The molecule has 24 heavy (non-hydrogen) atoms. The lowest BCUT2D eigenvalue weighted by Crippen LogP contribution is -2.39. The van der Waals surface area contributed by atoms with Crippen LogP contribution in [0, 0.1) is 18.6 Å². The van der Waals surface area contributed by atoms with Gasteiger partial charge in [-0.2, -0.15) is 15.1 Å². The standard InChI is InChI=1S/C18H21F2N3O/c1-13-4-6-18(16(20)10-13)23-17-7-5-15(19)11-14(17)12-22(24-23)9-3-8-21-2/h4-7,10-11,21H,3,8-9,12H2,1-2H3. The Morgan fingerprint density at radius 3 is 2.67 bits per heavy atom. The summed E-state index contributed by atoms with van der Waals surface area (Å²) < 4.78 is 28.0. The summed E-state index contributed by atoms with van der Waals surface area (Å²) in [6.45, 7) is 3.79. The summed E-state index contributed by atoms with van der Waals surface area (Å²) in [7, 11) is 1.88. The van der Waals surface area contributed by atoms with Crippen LogP contribution in [0.5, 0.6) is 0 Å². The van der Waals surface area contributed by atoms with Crippen molar-refractivity contribution in [2.24, 2.45) is 0 Å². The molecule has 4 nitrogen and oxygen atoms in total. The lowest BCUT2D eigenvalue weighted by molar-refractivity contribution is -0.176. The molecule has 3 rings (SSSR count). The number of halogens is 2. The van der Waals surface area contributed by atoms with Crippen LogP contribution < -0.4 is 10.4 Å². The molecule has 1 N–H and O–H groups in total. The molecule has 0 bridgehead atoms. The van der Waals surface area contributed by atoms with Crippen LogP contribution in [-0.4, -0.2) is 25.2 Å². The molecule has 0 amide bonds. The van der Waals surface area contributed by atoms with Gasteiger partial charge in [-0.15, -0.1) is 0 Å². The van der Waals surface area contributed by atoms with Gasteiger partial charge < -0.3 is 5.32 Å². The fourth-order valence-electron chi connectivity index (χ4n) is 2.76. The predicted molar refractivity (Wildman–Crippen MR) is 89.7 cm³/mol. The minimum Gasteiger partial charge on any atom is -0.320 e. The minimum atomic E-state index is -0.373. The number of fused-ring (bicyclic) bond motifs is 1. The molecule has 1 aliphatic heterocycles. The van der Waals surface area contributed by atoms with Gasteiger partial charge >= 0.3 is 0 Å². The maximum absolute atomic E-state index is 14.4. The lowest BCUT2D eigenvalue weighted by atomic mass is 10.1. The second-order valence-corrected chi connectivity index (χ2v) is 5.92. The largest absolute Gasteiger partial charge is 0.320 e. The Morgan fingerprint density at radius 1 is 1.12 bits per heavy atom. The number of hydrogen-bond acceptors (Lipinski definition) is 4. The molecular formula is C18H21F2N3O. The summed E-state index contributed by atoms with van der Waals surface area (Å²) in [5.74, 6) is -0.683. The Bertz CT molecular complexity index is 723. The predicted octanol–water partition coefficient (Wildman–Crippen LogP) is 3.68. The number of aryl methyl sites for hydroxylation is 1. The molecule has 0 atom stereocenters. The number of nitrogens with one attached hydrogen (secondary N) is 1. The SMILES string of the molecule is CNCCCN1Cc2cc(F)ccc2N(c2ccc(C)cc2F)O1. The number of benzene rings is 2. The first kappa shape index (κ1) is 16.8. The highest BCUT2D eigenvalue weighted by molar-refractivity contribution is 5.65. The monoisotopic (exact) mass is 333 g/mol. The number of rotatable bonds is 5. The average Bonchev–Trinajstić information content (AvgIpc) is 2.54. The summed E-state index contributed by atoms with van der Waals surface area (Å²) in [6.07, 6.45) is 0.866. The van der Waals surface area contributed by atoms with E-state index in [4.69, 9.17) is 4.94 Å². The molecule has 0 unspecified atom stereocenters. The number of hydroxylamine groups is 2. The van der Waals surface area contributed by atoms with E-state index in [1.807, 2.05) is 20.0 Å². The highest BCUT2D eigenvalue weighted by atomic mass is 19.1. The van der Waals surface area contributed by atoms with Crippen molar-refractivity contribution in [3.63, 3.8) is 0 Å². The van der Waals surface area contributed by atoms with E-state index >= 15 is 0 Å². The number of nitrogens with zero attached hydrogens (tertiary/aromatic N) is 2. The molecule has 0 saturated heterocycles. The van der Waals surface area contributed by atoms with Gasteiger partial charge in [-0.05, 0) is 68.4 Å². The molecule has 2 aromatic carbocycles. The van der Waals surface area contributed by atoms with Gasteiger partial charge in [0.25, 0.3) is 0 Å². The Labute approximate surface area is 140 Å². The Balaban J connectivity index is 1.94. The fraction of sp³-hybridized carbons (Fsp3) is 0.333. The van der Waals surface area contributed by atoms with Crippen molar-refractivity contribution in [3.05, 3.63) is 59.2 Å².